The van der Waals surface area contributed by atoms with E-state index in [1.165, 1.54) is 5.69 Å². The van der Waals surface area contributed by atoms with Crippen LogP contribution in [0.1, 0.15) is 6.42 Å². The van der Waals surface area contributed by atoms with Gasteiger partial charge < -0.3 is 14.6 Å². The molecule has 1 aliphatic rings. The molecule has 0 aromatic carbocycles. The van der Waals surface area contributed by atoms with Gasteiger partial charge in [-0.2, -0.15) is 0 Å². The SMILES string of the molecule is Cn1ccc(N2CCN(CCC(=O)O)CC2)c1. The third-order valence-electron chi connectivity index (χ3n) is 3.20. The van der Waals surface area contributed by atoms with Gasteiger partial charge in [-0.1, -0.05) is 0 Å². The van der Waals surface area contributed by atoms with Crippen LogP contribution in [0.2, 0.25) is 0 Å². The van der Waals surface area contributed by atoms with E-state index >= 15 is 0 Å². The van der Waals surface area contributed by atoms with Crippen molar-refractivity contribution in [2.45, 2.75) is 6.42 Å². The van der Waals surface area contributed by atoms with Crippen molar-refractivity contribution in [3.8, 4) is 0 Å². The van der Waals surface area contributed by atoms with E-state index in [4.69, 9.17) is 5.11 Å². The van der Waals surface area contributed by atoms with E-state index in [0.29, 0.717) is 6.54 Å². The van der Waals surface area contributed by atoms with Crippen molar-refractivity contribution in [2.75, 3.05) is 37.6 Å². The smallest absolute Gasteiger partial charge is 0.304 e. The van der Waals surface area contributed by atoms with Gasteiger partial charge in [0, 0.05) is 52.2 Å². The summed E-state index contributed by atoms with van der Waals surface area (Å²) < 4.78 is 2.05. The van der Waals surface area contributed by atoms with Crippen molar-refractivity contribution in [3.63, 3.8) is 0 Å². The van der Waals surface area contributed by atoms with Crippen LogP contribution in [0.3, 0.4) is 0 Å². The lowest BCUT2D eigenvalue weighted by Gasteiger charge is -2.35. The molecule has 0 atom stereocenters. The van der Waals surface area contributed by atoms with E-state index in [-0.39, 0.29) is 6.42 Å². The molecule has 2 heterocycles. The van der Waals surface area contributed by atoms with E-state index < -0.39 is 5.97 Å². The number of carboxylic acid groups (broad SMARTS) is 1. The maximum atomic E-state index is 10.5. The van der Waals surface area contributed by atoms with E-state index in [1.54, 1.807) is 0 Å². The maximum absolute atomic E-state index is 10.5. The topological polar surface area (TPSA) is 48.7 Å². The fourth-order valence-corrected chi connectivity index (χ4v) is 2.16. The van der Waals surface area contributed by atoms with Gasteiger partial charge in [0.1, 0.15) is 0 Å². The van der Waals surface area contributed by atoms with Crippen LogP contribution in [0.4, 0.5) is 5.69 Å². The molecular weight excluding hydrogens is 218 g/mol. The molecule has 1 aromatic rings. The molecule has 1 fully saturated rings. The average Bonchev–Trinajstić information content (AvgIpc) is 2.74. The molecule has 1 N–H and O–H groups in total. The van der Waals surface area contributed by atoms with Crippen molar-refractivity contribution in [3.05, 3.63) is 18.5 Å². The second kappa shape index (κ2) is 5.23. The Kier molecular flexibility index (Phi) is 3.68. The molecule has 1 aliphatic heterocycles. The quantitative estimate of drug-likeness (QED) is 0.834. The number of nitrogens with zero attached hydrogens (tertiary/aromatic N) is 3. The zero-order valence-corrected chi connectivity index (χ0v) is 10.2. The standard InChI is InChI=1S/C12H19N3O2/c1-13-4-2-11(10-13)15-8-6-14(7-9-15)5-3-12(16)17/h2,4,10H,3,5-9H2,1H3,(H,16,17). The molecule has 1 saturated heterocycles. The molecule has 0 amide bonds. The Hall–Kier alpha value is -1.49. The summed E-state index contributed by atoms with van der Waals surface area (Å²) in [4.78, 5) is 15.1. The summed E-state index contributed by atoms with van der Waals surface area (Å²) >= 11 is 0. The van der Waals surface area contributed by atoms with Gasteiger partial charge in [0.2, 0.25) is 0 Å². The van der Waals surface area contributed by atoms with Crippen molar-refractivity contribution in [1.82, 2.24) is 9.47 Å². The average molecular weight is 237 g/mol. The van der Waals surface area contributed by atoms with Crippen molar-refractivity contribution < 1.29 is 9.90 Å². The van der Waals surface area contributed by atoms with Gasteiger partial charge >= 0.3 is 5.97 Å². The van der Waals surface area contributed by atoms with Gasteiger partial charge in [0.25, 0.3) is 0 Å². The van der Waals surface area contributed by atoms with Crippen LogP contribution < -0.4 is 4.90 Å². The molecule has 5 heteroatoms. The van der Waals surface area contributed by atoms with E-state index in [0.717, 1.165) is 26.2 Å². The summed E-state index contributed by atoms with van der Waals surface area (Å²) in [5.74, 6) is -0.713. The second-order valence-corrected chi connectivity index (χ2v) is 4.51. The number of aryl methyl sites for hydroxylation is 1. The van der Waals surface area contributed by atoms with Crippen LogP contribution in [-0.2, 0) is 11.8 Å². The fraction of sp³-hybridized carbons (Fsp3) is 0.583. The molecule has 0 saturated carbocycles. The predicted octanol–water partition coefficient (Wildman–Crippen LogP) is 0.622. The first-order valence-corrected chi connectivity index (χ1v) is 5.96. The molecule has 1 aromatic heterocycles. The Bertz CT molecular complexity index is 381. The number of carbonyl (C=O) groups is 1. The summed E-state index contributed by atoms with van der Waals surface area (Å²) in [6.45, 7) is 4.51. The van der Waals surface area contributed by atoms with Crippen molar-refractivity contribution in [1.29, 1.82) is 0 Å². The lowest BCUT2D eigenvalue weighted by atomic mass is 10.2. The third kappa shape index (κ3) is 3.23. The van der Waals surface area contributed by atoms with Gasteiger partial charge in [-0.05, 0) is 6.07 Å². The molecule has 0 unspecified atom stereocenters. The number of aromatic nitrogens is 1. The fourth-order valence-electron chi connectivity index (χ4n) is 2.16. The Morgan fingerprint density at radius 3 is 2.59 bits per heavy atom. The largest absolute Gasteiger partial charge is 0.481 e. The molecule has 5 nitrogen and oxygen atoms in total. The van der Waals surface area contributed by atoms with Crippen LogP contribution >= 0.6 is 0 Å². The van der Waals surface area contributed by atoms with Crippen LogP contribution in [0.5, 0.6) is 0 Å². The summed E-state index contributed by atoms with van der Waals surface area (Å²) in [5, 5.41) is 8.64. The van der Waals surface area contributed by atoms with E-state index in [2.05, 4.69) is 22.1 Å². The second-order valence-electron chi connectivity index (χ2n) is 4.51. The zero-order valence-electron chi connectivity index (χ0n) is 10.2. The first-order valence-electron chi connectivity index (χ1n) is 5.96. The number of carboxylic acids is 1. The minimum Gasteiger partial charge on any atom is -0.481 e. The van der Waals surface area contributed by atoms with Crippen LogP contribution in [0, 0.1) is 0 Å². The lowest BCUT2D eigenvalue weighted by Crippen LogP contribution is -2.46. The number of rotatable bonds is 4. The number of piperazine rings is 1. The van der Waals surface area contributed by atoms with Crippen LogP contribution in [0.25, 0.3) is 0 Å². The molecule has 0 bridgehead atoms. The Balaban J connectivity index is 1.80. The minimum absolute atomic E-state index is 0.241. The van der Waals surface area contributed by atoms with Crippen LogP contribution in [-0.4, -0.2) is 53.3 Å². The molecule has 0 aliphatic carbocycles. The predicted molar refractivity (Wildman–Crippen MR) is 66.3 cm³/mol. The van der Waals surface area contributed by atoms with Gasteiger partial charge in [0.15, 0.2) is 0 Å². The third-order valence-corrected chi connectivity index (χ3v) is 3.20. The summed E-state index contributed by atoms with van der Waals surface area (Å²) in [6, 6.07) is 2.12. The van der Waals surface area contributed by atoms with Crippen LogP contribution in [0.15, 0.2) is 18.5 Å². The number of hydrogen-bond donors (Lipinski definition) is 1. The minimum atomic E-state index is -0.713. The Morgan fingerprint density at radius 1 is 1.35 bits per heavy atom. The summed E-state index contributed by atoms with van der Waals surface area (Å²) in [6.07, 6.45) is 4.41. The number of hydrogen-bond acceptors (Lipinski definition) is 3. The van der Waals surface area contributed by atoms with E-state index in [1.807, 2.05) is 17.8 Å². The highest BCUT2D eigenvalue weighted by Gasteiger charge is 2.17. The summed E-state index contributed by atoms with van der Waals surface area (Å²) in [5.41, 5.74) is 1.25. The van der Waals surface area contributed by atoms with Gasteiger partial charge in [0.05, 0.1) is 12.1 Å². The first kappa shape index (κ1) is 12.0. The van der Waals surface area contributed by atoms with Gasteiger partial charge in [-0.25, -0.2) is 0 Å². The number of aliphatic carboxylic acids is 1. The Morgan fingerprint density at radius 2 is 2.06 bits per heavy atom. The molecular formula is C12H19N3O2. The monoisotopic (exact) mass is 237 g/mol. The highest BCUT2D eigenvalue weighted by molar-refractivity contribution is 5.66. The number of anilines is 1. The Labute approximate surface area is 101 Å². The molecule has 0 radical (unpaired) electrons. The molecule has 0 spiro atoms. The summed E-state index contributed by atoms with van der Waals surface area (Å²) in [7, 11) is 2.02. The molecule has 17 heavy (non-hydrogen) atoms. The molecule has 94 valence electrons. The molecule has 2 rings (SSSR count). The maximum Gasteiger partial charge on any atom is 0.304 e. The zero-order chi connectivity index (χ0) is 12.3. The highest BCUT2D eigenvalue weighted by Crippen LogP contribution is 2.16. The normalized spacial score (nSPS) is 17.4. The lowest BCUT2D eigenvalue weighted by molar-refractivity contribution is -0.137. The van der Waals surface area contributed by atoms with Crippen molar-refractivity contribution >= 4 is 11.7 Å². The van der Waals surface area contributed by atoms with Crippen molar-refractivity contribution in [2.24, 2.45) is 7.05 Å². The van der Waals surface area contributed by atoms with Gasteiger partial charge in [-0.3, -0.25) is 9.69 Å². The van der Waals surface area contributed by atoms with E-state index in [9.17, 15) is 4.79 Å². The van der Waals surface area contributed by atoms with Gasteiger partial charge in [-0.15, -0.1) is 0 Å². The first-order chi connectivity index (χ1) is 8.15. The highest BCUT2D eigenvalue weighted by atomic mass is 16.4.